The number of aromatic amines is 1. The van der Waals surface area contributed by atoms with Gasteiger partial charge in [-0.2, -0.15) is 13.2 Å². The van der Waals surface area contributed by atoms with Crippen LogP contribution in [0.3, 0.4) is 0 Å². The molecule has 3 heterocycles. The molecule has 5 aromatic rings. The number of alkyl halides is 3. The van der Waals surface area contributed by atoms with Crippen molar-refractivity contribution in [3.63, 3.8) is 0 Å². The maximum absolute atomic E-state index is 13.8. The van der Waals surface area contributed by atoms with Gasteiger partial charge in [0.15, 0.2) is 10.9 Å². The first kappa shape index (κ1) is 24.0. The van der Waals surface area contributed by atoms with E-state index in [2.05, 4.69) is 4.98 Å². The Balaban J connectivity index is 1.46. The number of fused-ring (bicyclic) bond motifs is 4. The summed E-state index contributed by atoms with van der Waals surface area (Å²) in [5, 5.41) is 1.46. The molecular formula is C27H20F3N3O2S2. The lowest BCUT2D eigenvalue weighted by Gasteiger charge is -2.15. The van der Waals surface area contributed by atoms with Gasteiger partial charge in [-0.05, 0) is 55.5 Å². The predicted octanol–water partition coefficient (Wildman–Crippen LogP) is 6.80. The lowest BCUT2D eigenvalue weighted by molar-refractivity contribution is -0.137. The smallest absolute Gasteiger partial charge is 0.360 e. The van der Waals surface area contributed by atoms with Gasteiger partial charge in [0, 0.05) is 27.5 Å². The Morgan fingerprint density at radius 1 is 1.11 bits per heavy atom. The summed E-state index contributed by atoms with van der Waals surface area (Å²) in [7, 11) is 0. The first-order valence-electron chi connectivity index (χ1n) is 11.8. The summed E-state index contributed by atoms with van der Waals surface area (Å²) in [6.07, 6.45) is 0.690. The largest absolute Gasteiger partial charge is 0.416 e. The predicted molar refractivity (Wildman–Crippen MR) is 140 cm³/mol. The van der Waals surface area contributed by atoms with Gasteiger partial charge in [-0.3, -0.25) is 14.2 Å². The molecule has 37 heavy (non-hydrogen) atoms. The van der Waals surface area contributed by atoms with Crippen molar-refractivity contribution in [3.8, 4) is 5.69 Å². The fraction of sp³-hybridized carbons (Fsp3) is 0.222. The number of carbonyl (C=O) groups excluding carboxylic acids is 1. The Hall–Kier alpha value is -3.37. The fourth-order valence-electron chi connectivity index (χ4n) is 4.84. The molecule has 5 nitrogen and oxygen atoms in total. The van der Waals surface area contributed by atoms with Crippen molar-refractivity contribution in [3.05, 3.63) is 86.6 Å². The number of benzene rings is 2. The number of nitrogens with one attached hydrogen (secondary N) is 1. The minimum absolute atomic E-state index is 0.0240. The lowest BCUT2D eigenvalue weighted by atomic mass is 9.97. The van der Waals surface area contributed by atoms with Gasteiger partial charge >= 0.3 is 6.18 Å². The van der Waals surface area contributed by atoms with Gasteiger partial charge in [-0.25, -0.2) is 4.98 Å². The molecule has 1 aliphatic carbocycles. The number of Topliss-reactive ketones (excluding diaryl/α,β-unsaturated/α-hetero) is 1. The van der Waals surface area contributed by atoms with Gasteiger partial charge in [0.25, 0.3) is 5.56 Å². The Bertz CT molecular complexity index is 1730. The van der Waals surface area contributed by atoms with Gasteiger partial charge in [0.1, 0.15) is 4.83 Å². The SMILES string of the molecule is O=C(CSc1nc2sc3c(c2c(=O)n1-c1cccc(C(F)(F)F)c1)CCCC3)c1c[nH]c2ccccc12. The van der Waals surface area contributed by atoms with Crippen LogP contribution in [0.5, 0.6) is 0 Å². The summed E-state index contributed by atoms with van der Waals surface area (Å²) in [6.45, 7) is 0. The number of carbonyl (C=O) groups is 1. The Labute approximate surface area is 217 Å². The number of rotatable bonds is 5. The Kier molecular flexibility index (Phi) is 5.95. The van der Waals surface area contributed by atoms with Gasteiger partial charge in [-0.15, -0.1) is 11.3 Å². The average molecular weight is 540 g/mol. The van der Waals surface area contributed by atoms with Crippen LogP contribution in [0.4, 0.5) is 13.2 Å². The molecule has 6 rings (SSSR count). The molecule has 0 radical (unpaired) electrons. The third-order valence-electron chi connectivity index (χ3n) is 6.61. The number of halogens is 3. The first-order chi connectivity index (χ1) is 17.8. The molecule has 0 saturated heterocycles. The standard InChI is InChI=1S/C27H20F3N3O2S2/c28-27(29,30)15-6-5-7-16(12-15)33-25(35)23-18-9-2-4-11-22(18)37-24(23)32-26(33)36-14-21(34)19-13-31-20-10-3-1-8-17(19)20/h1,3,5-8,10,12-13,31H,2,4,9,11,14H2. The van der Waals surface area contributed by atoms with Gasteiger partial charge in [0.05, 0.1) is 22.4 Å². The second kappa shape index (κ2) is 9.18. The highest BCUT2D eigenvalue weighted by molar-refractivity contribution is 7.99. The van der Waals surface area contributed by atoms with Gasteiger partial charge < -0.3 is 4.98 Å². The molecule has 10 heteroatoms. The van der Waals surface area contributed by atoms with Gasteiger partial charge in [-0.1, -0.05) is 36.0 Å². The maximum Gasteiger partial charge on any atom is 0.416 e. The summed E-state index contributed by atoms with van der Waals surface area (Å²) < 4.78 is 41.7. The molecule has 0 saturated carbocycles. The number of aromatic nitrogens is 3. The summed E-state index contributed by atoms with van der Waals surface area (Å²) in [5.74, 6) is -0.193. The maximum atomic E-state index is 13.8. The van der Waals surface area contributed by atoms with Gasteiger partial charge in [0.2, 0.25) is 0 Å². The highest BCUT2D eigenvalue weighted by Gasteiger charge is 2.31. The van der Waals surface area contributed by atoms with E-state index in [-0.39, 0.29) is 22.4 Å². The van der Waals surface area contributed by atoms with Crippen LogP contribution < -0.4 is 5.56 Å². The first-order valence-corrected chi connectivity index (χ1v) is 13.6. The minimum atomic E-state index is -4.56. The topological polar surface area (TPSA) is 67.8 Å². The lowest BCUT2D eigenvalue weighted by Crippen LogP contribution is -2.23. The third-order valence-corrected chi connectivity index (χ3v) is 8.74. The number of hydrogen-bond acceptors (Lipinski definition) is 5. The van der Waals surface area contributed by atoms with E-state index in [1.807, 2.05) is 24.3 Å². The van der Waals surface area contributed by atoms with Crippen LogP contribution >= 0.6 is 23.1 Å². The van der Waals surface area contributed by atoms with Crippen LogP contribution in [-0.2, 0) is 19.0 Å². The number of thioether (sulfide) groups is 1. The van der Waals surface area contributed by atoms with E-state index in [0.29, 0.717) is 15.8 Å². The number of aryl methyl sites for hydroxylation is 2. The monoisotopic (exact) mass is 539 g/mol. The summed E-state index contributed by atoms with van der Waals surface area (Å²) in [5.41, 5.74) is 1.13. The van der Waals surface area contributed by atoms with Crippen LogP contribution in [0.15, 0.2) is 64.7 Å². The molecule has 0 unspecified atom stereocenters. The van der Waals surface area contributed by atoms with Crippen LogP contribution in [-0.4, -0.2) is 26.1 Å². The van der Waals surface area contributed by atoms with Crippen molar-refractivity contribution in [2.45, 2.75) is 37.0 Å². The third kappa shape index (κ3) is 4.27. The molecular weight excluding hydrogens is 519 g/mol. The van der Waals surface area contributed by atoms with Crippen molar-refractivity contribution < 1.29 is 18.0 Å². The summed E-state index contributed by atoms with van der Waals surface area (Å²) >= 11 is 2.52. The second-order valence-electron chi connectivity index (χ2n) is 8.93. The van der Waals surface area contributed by atoms with Crippen molar-refractivity contribution >= 4 is 50.0 Å². The quantitative estimate of drug-likeness (QED) is 0.152. The molecule has 0 fully saturated rings. The number of para-hydroxylation sites is 1. The molecule has 0 spiro atoms. The van der Waals surface area contributed by atoms with Crippen LogP contribution in [0, 0.1) is 0 Å². The second-order valence-corrected chi connectivity index (χ2v) is 11.0. The summed E-state index contributed by atoms with van der Waals surface area (Å²) in [6, 6.07) is 12.1. The van der Waals surface area contributed by atoms with E-state index in [9.17, 15) is 22.8 Å². The van der Waals surface area contributed by atoms with E-state index in [1.54, 1.807) is 6.20 Å². The molecule has 1 N–H and O–H groups in total. The normalized spacial score (nSPS) is 13.8. The minimum Gasteiger partial charge on any atom is -0.360 e. The van der Waals surface area contributed by atoms with Crippen LogP contribution in [0.25, 0.3) is 26.8 Å². The Morgan fingerprint density at radius 3 is 2.76 bits per heavy atom. The highest BCUT2D eigenvalue weighted by Crippen LogP contribution is 2.36. The van der Waals surface area contributed by atoms with Crippen molar-refractivity contribution in [1.82, 2.24) is 14.5 Å². The van der Waals surface area contributed by atoms with E-state index in [1.165, 1.54) is 28.0 Å². The van der Waals surface area contributed by atoms with E-state index < -0.39 is 17.3 Å². The molecule has 1 aliphatic rings. The molecule has 0 aliphatic heterocycles. The molecule has 3 aromatic heterocycles. The van der Waals surface area contributed by atoms with Crippen molar-refractivity contribution in [1.29, 1.82) is 0 Å². The summed E-state index contributed by atoms with van der Waals surface area (Å²) in [4.78, 5) is 36.5. The fourth-order valence-corrected chi connectivity index (χ4v) is 7.04. The zero-order valence-electron chi connectivity index (χ0n) is 19.4. The van der Waals surface area contributed by atoms with Crippen molar-refractivity contribution in [2.75, 3.05) is 5.75 Å². The van der Waals surface area contributed by atoms with Crippen LogP contribution in [0.1, 0.15) is 39.2 Å². The van der Waals surface area contributed by atoms with Crippen molar-refractivity contribution in [2.24, 2.45) is 0 Å². The molecule has 0 amide bonds. The highest BCUT2D eigenvalue weighted by atomic mass is 32.2. The van der Waals surface area contributed by atoms with E-state index in [0.717, 1.165) is 70.9 Å². The molecule has 2 aromatic carbocycles. The Morgan fingerprint density at radius 2 is 1.92 bits per heavy atom. The number of ketones is 1. The molecule has 188 valence electrons. The zero-order valence-corrected chi connectivity index (χ0v) is 21.0. The van der Waals surface area contributed by atoms with E-state index in [4.69, 9.17) is 4.98 Å². The number of H-pyrrole nitrogens is 1. The molecule has 0 atom stereocenters. The van der Waals surface area contributed by atoms with Crippen LogP contribution in [0.2, 0.25) is 0 Å². The number of hydrogen-bond donors (Lipinski definition) is 1. The zero-order chi connectivity index (χ0) is 25.7. The van der Waals surface area contributed by atoms with E-state index >= 15 is 0 Å². The average Bonchev–Trinajstić information content (AvgIpc) is 3.48. The molecule has 0 bridgehead atoms. The number of nitrogens with zero attached hydrogens (tertiary/aromatic N) is 2. The number of thiophene rings is 1.